The van der Waals surface area contributed by atoms with E-state index >= 15 is 0 Å². The van der Waals surface area contributed by atoms with Gasteiger partial charge in [0, 0.05) is 4.47 Å². The topological polar surface area (TPSA) is 81.4 Å². The predicted octanol–water partition coefficient (Wildman–Crippen LogP) is 2.33. The molecule has 0 fully saturated rings. The lowest BCUT2D eigenvalue weighted by Gasteiger charge is -2.19. The van der Waals surface area contributed by atoms with Crippen molar-refractivity contribution in [3.05, 3.63) is 34.3 Å². The monoisotopic (exact) mass is 378 g/mol. The molecule has 1 aromatic carbocycles. The van der Waals surface area contributed by atoms with Crippen LogP contribution in [0.3, 0.4) is 0 Å². The molecule has 3 N–H and O–H groups in total. The summed E-state index contributed by atoms with van der Waals surface area (Å²) in [6, 6.07) is 6.32. The quantitative estimate of drug-likeness (QED) is 0.743. The molecule has 1 amide bonds. The van der Waals surface area contributed by atoms with Crippen molar-refractivity contribution < 1.29 is 14.3 Å². The number of nitrogens with one attached hydrogen (secondary N) is 1. The van der Waals surface area contributed by atoms with E-state index < -0.39 is 12.1 Å². The van der Waals surface area contributed by atoms with Crippen LogP contribution >= 0.6 is 28.3 Å². The highest BCUT2D eigenvalue weighted by Crippen LogP contribution is 2.20. The van der Waals surface area contributed by atoms with Crippen LogP contribution in [0, 0.1) is 0 Å². The lowest BCUT2D eigenvalue weighted by atomic mass is 10.0. The van der Waals surface area contributed by atoms with Gasteiger partial charge >= 0.3 is 5.97 Å². The van der Waals surface area contributed by atoms with Gasteiger partial charge in [-0.2, -0.15) is 0 Å². The maximum atomic E-state index is 11.7. The molecule has 2 atom stereocenters. The number of esters is 1. The van der Waals surface area contributed by atoms with Crippen LogP contribution in [0.4, 0.5) is 0 Å². The van der Waals surface area contributed by atoms with Crippen LogP contribution in [-0.2, 0) is 14.3 Å². The minimum atomic E-state index is -0.629. The number of amides is 1. The largest absolute Gasteiger partial charge is 0.466 e. The van der Waals surface area contributed by atoms with Gasteiger partial charge in [0.05, 0.1) is 25.1 Å². The van der Waals surface area contributed by atoms with Crippen molar-refractivity contribution in [2.75, 3.05) is 6.61 Å². The number of halogens is 2. The molecule has 5 nitrogen and oxygen atoms in total. The molecule has 0 spiro atoms. The number of carbonyl (C=O) groups excluding carboxylic acids is 2. The van der Waals surface area contributed by atoms with Gasteiger partial charge in [-0.1, -0.05) is 28.1 Å². The zero-order chi connectivity index (χ0) is 15.1. The third kappa shape index (κ3) is 6.93. The number of nitrogens with two attached hydrogens (primary N) is 1. The molecule has 21 heavy (non-hydrogen) atoms. The van der Waals surface area contributed by atoms with Crippen LogP contribution in [0.5, 0.6) is 0 Å². The van der Waals surface area contributed by atoms with Gasteiger partial charge in [-0.05, 0) is 31.5 Å². The van der Waals surface area contributed by atoms with Crippen molar-refractivity contribution in [3.63, 3.8) is 0 Å². The van der Waals surface area contributed by atoms with Crippen molar-refractivity contribution in [1.82, 2.24) is 5.32 Å². The zero-order valence-corrected chi connectivity index (χ0v) is 14.4. The first-order chi connectivity index (χ1) is 9.43. The Labute approximate surface area is 139 Å². The summed E-state index contributed by atoms with van der Waals surface area (Å²) in [4.78, 5) is 23.4. The maximum absolute atomic E-state index is 11.7. The van der Waals surface area contributed by atoms with Crippen LogP contribution in [0.2, 0.25) is 0 Å². The molecule has 1 unspecified atom stereocenters. The second kappa shape index (κ2) is 9.76. The molecule has 0 aliphatic carbocycles. The lowest BCUT2D eigenvalue weighted by molar-refractivity contribution is -0.143. The molecule has 0 aliphatic rings. The second-order valence-corrected chi connectivity index (χ2v) is 5.33. The average Bonchev–Trinajstić information content (AvgIpc) is 2.39. The molecular weight excluding hydrogens is 360 g/mol. The molecule has 0 radical (unpaired) electrons. The summed E-state index contributed by atoms with van der Waals surface area (Å²) in [7, 11) is 0. The lowest BCUT2D eigenvalue weighted by Crippen LogP contribution is -2.41. The summed E-state index contributed by atoms with van der Waals surface area (Å²) in [6.07, 6.45) is 0.0773. The molecule has 118 valence electrons. The minimum Gasteiger partial charge on any atom is -0.466 e. The minimum absolute atomic E-state index is 0. The number of hydrogen-bond acceptors (Lipinski definition) is 4. The van der Waals surface area contributed by atoms with E-state index in [4.69, 9.17) is 10.5 Å². The molecule has 0 heterocycles. The predicted molar refractivity (Wildman–Crippen MR) is 87.2 cm³/mol. The summed E-state index contributed by atoms with van der Waals surface area (Å²) >= 11 is 3.35. The molecule has 0 saturated heterocycles. The van der Waals surface area contributed by atoms with Crippen LogP contribution in [0.1, 0.15) is 31.9 Å². The highest BCUT2D eigenvalue weighted by Gasteiger charge is 2.20. The first-order valence-electron chi connectivity index (χ1n) is 6.41. The molecular formula is C14H20BrClN2O3. The highest BCUT2D eigenvalue weighted by molar-refractivity contribution is 9.10. The Balaban J connectivity index is 0.00000400. The molecule has 0 bridgehead atoms. The summed E-state index contributed by atoms with van der Waals surface area (Å²) in [5.74, 6) is -0.660. The molecule has 0 aromatic heterocycles. The van der Waals surface area contributed by atoms with Crippen LogP contribution in [0.25, 0.3) is 0 Å². The average molecular weight is 380 g/mol. The third-order valence-electron chi connectivity index (χ3n) is 2.68. The molecule has 0 aliphatic heterocycles. The van der Waals surface area contributed by atoms with Gasteiger partial charge in [-0.15, -0.1) is 12.4 Å². The van der Waals surface area contributed by atoms with Crippen LogP contribution < -0.4 is 11.1 Å². The second-order valence-electron chi connectivity index (χ2n) is 4.41. The van der Waals surface area contributed by atoms with E-state index in [1.165, 1.54) is 0 Å². The van der Waals surface area contributed by atoms with Crippen molar-refractivity contribution in [1.29, 1.82) is 0 Å². The van der Waals surface area contributed by atoms with E-state index in [2.05, 4.69) is 21.2 Å². The Morgan fingerprint density at radius 2 is 1.90 bits per heavy atom. The van der Waals surface area contributed by atoms with E-state index in [-0.39, 0.29) is 30.7 Å². The summed E-state index contributed by atoms with van der Waals surface area (Å²) in [5.41, 5.74) is 6.37. The Kier molecular flexibility index (Phi) is 9.24. The fourth-order valence-electron chi connectivity index (χ4n) is 1.64. The number of carbonyl (C=O) groups is 2. The number of ether oxygens (including phenoxy) is 1. The normalized spacial score (nSPS) is 12.8. The standard InChI is InChI=1S/C14H19BrN2O3.ClH/c1-3-20-13(18)8-12(17-14(19)9(2)16)10-4-6-11(15)7-5-10;/h4-7,9,12H,3,8,16H2,1-2H3,(H,17,19);1H/t9-,12?;/m1./s1. The molecule has 0 saturated carbocycles. The summed E-state index contributed by atoms with van der Waals surface area (Å²) in [6.45, 7) is 3.65. The molecule has 1 aromatic rings. The van der Waals surface area contributed by atoms with E-state index in [1.54, 1.807) is 13.8 Å². The smallest absolute Gasteiger partial charge is 0.308 e. The van der Waals surface area contributed by atoms with Crippen molar-refractivity contribution in [3.8, 4) is 0 Å². The van der Waals surface area contributed by atoms with Gasteiger partial charge in [-0.25, -0.2) is 0 Å². The van der Waals surface area contributed by atoms with Gasteiger partial charge in [0.15, 0.2) is 0 Å². The van der Waals surface area contributed by atoms with E-state index in [9.17, 15) is 9.59 Å². The van der Waals surface area contributed by atoms with Gasteiger partial charge in [0.2, 0.25) is 5.91 Å². The number of hydrogen-bond donors (Lipinski definition) is 2. The van der Waals surface area contributed by atoms with Gasteiger partial charge < -0.3 is 15.8 Å². The SMILES string of the molecule is CCOC(=O)CC(NC(=O)[C@@H](C)N)c1ccc(Br)cc1.Cl. The van der Waals surface area contributed by atoms with Crippen LogP contribution in [-0.4, -0.2) is 24.5 Å². The van der Waals surface area contributed by atoms with Gasteiger partial charge in [-0.3, -0.25) is 9.59 Å². The van der Waals surface area contributed by atoms with Crippen molar-refractivity contribution >= 4 is 40.2 Å². The highest BCUT2D eigenvalue weighted by atomic mass is 79.9. The Morgan fingerprint density at radius 1 is 1.33 bits per heavy atom. The Morgan fingerprint density at radius 3 is 2.38 bits per heavy atom. The van der Waals surface area contributed by atoms with E-state index in [1.807, 2.05) is 24.3 Å². The number of rotatable bonds is 6. The first-order valence-corrected chi connectivity index (χ1v) is 7.20. The fraction of sp³-hybridized carbons (Fsp3) is 0.429. The van der Waals surface area contributed by atoms with Crippen molar-refractivity contribution in [2.45, 2.75) is 32.4 Å². The maximum Gasteiger partial charge on any atom is 0.308 e. The fourth-order valence-corrected chi connectivity index (χ4v) is 1.90. The molecule has 1 rings (SSSR count). The van der Waals surface area contributed by atoms with Gasteiger partial charge in [0.1, 0.15) is 0 Å². The summed E-state index contributed by atoms with van der Waals surface area (Å²) in [5, 5.41) is 2.76. The summed E-state index contributed by atoms with van der Waals surface area (Å²) < 4.78 is 5.85. The van der Waals surface area contributed by atoms with Crippen molar-refractivity contribution in [2.24, 2.45) is 5.73 Å². The van der Waals surface area contributed by atoms with E-state index in [0.717, 1.165) is 10.0 Å². The first kappa shape index (κ1) is 19.9. The molecule has 7 heteroatoms. The van der Waals surface area contributed by atoms with Gasteiger partial charge in [0.25, 0.3) is 0 Å². The van der Waals surface area contributed by atoms with Crippen LogP contribution in [0.15, 0.2) is 28.7 Å². The Bertz CT molecular complexity index is 466. The number of benzene rings is 1. The Hall–Kier alpha value is -1.11. The zero-order valence-electron chi connectivity index (χ0n) is 12.0. The third-order valence-corrected chi connectivity index (χ3v) is 3.21. The van der Waals surface area contributed by atoms with E-state index in [0.29, 0.717) is 6.61 Å².